The molecule has 0 spiro atoms. The third-order valence-corrected chi connectivity index (χ3v) is 4.82. The summed E-state index contributed by atoms with van der Waals surface area (Å²) in [6.07, 6.45) is 1.17. The molecule has 3 heteroatoms. The second kappa shape index (κ2) is 5.36. The Hall–Kier alpha value is -1.31. The first-order valence-corrected chi connectivity index (χ1v) is 7.97. The van der Waals surface area contributed by atoms with E-state index in [0.29, 0.717) is 5.41 Å². The Balaban J connectivity index is 0.00000156. The molecular weight excluding hydrogens is 462 g/mol. The Kier molecular flexibility index (Phi) is 3.85. The molecule has 0 saturated carbocycles. The van der Waals surface area contributed by atoms with Crippen LogP contribution in [0.15, 0.2) is 40.8 Å². The molecule has 2 aromatic carbocycles. The van der Waals surface area contributed by atoms with Crippen LogP contribution in [-0.4, -0.2) is 12.1 Å². The molecule has 1 aliphatic heterocycles. The largest absolute Gasteiger partial charge is 0.514 e. The van der Waals surface area contributed by atoms with Gasteiger partial charge in [-0.1, -0.05) is 37.4 Å². The van der Waals surface area contributed by atoms with Gasteiger partial charge in [-0.3, -0.25) is 0 Å². The first kappa shape index (κ1) is 16.5. The first-order chi connectivity index (χ1) is 10.4. The van der Waals surface area contributed by atoms with Crippen molar-refractivity contribution < 1.29 is 24.5 Å². The van der Waals surface area contributed by atoms with Crippen molar-refractivity contribution in [3.63, 3.8) is 0 Å². The number of hydrogen-bond acceptors (Lipinski definition) is 2. The molecule has 1 saturated heterocycles. The summed E-state index contributed by atoms with van der Waals surface area (Å²) in [5, 5.41) is 2.37. The summed E-state index contributed by atoms with van der Waals surface area (Å²) in [5.74, 6) is 0. The minimum atomic E-state index is 0. The van der Waals surface area contributed by atoms with E-state index >= 15 is 0 Å². The fourth-order valence-corrected chi connectivity index (χ4v) is 4.22. The smallest absolute Gasteiger partial charge is 0.116 e. The quantitative estimate of drug-likeness (QED) is 0.430. The minimum absolute atomic E-state index is 0. The number of nitrogens with zero attached hydrogens (tertiary/aromatic N) is 1. The van der Waals surface area contributed by atoms with Gasteiger partial charge >= 0.3 is 0 Å². The zero-order valence-corrected chi connectivity index (χ0v) is 16.5. The monoisotopic (exact) mass is 485 g/mol. The van der Waals surface area contributed by atoms with Gasteiger partial charge in [0, 0.05) is 43.2 Å². The molecule has 1 fully saturated rings. The third kappa shape index (κ3) is 2.60. The molecule has 23 heavy (non-hydrogen) atoms. The Morgan fingerprint density at radius 1 is 1.04 bits per heavy atom. The van der Waals surface area contributed by atoms with Gasteiger partial charge in [-0.2, -0.15) is 18.2 Å². The summed E-state index contributed by atoms with van der Waals surface area (Å²) in [5.41, 5.74) is 3.45. The molecule has 0 aliphatic carbocycles. The van der Waals surface area contributed by atoms with Crippen molar-refractivity contribution in [2.75, 3.05) is 11.4 Å². The SMILES string of the molecule is CC1(C)CN(c2[c-]ccc3c2oc2ccccc23)C(C)(C)C1.[Ir]. The fraction of sp³-hybridized carbons (Fsp3) is 0.400. The minimum Gasteiger partial charge on any atom is -0.514 e. The molecular formula is C20H22IrNO-. The predicted molar refractivity (Wildman–Crippen MR) is 92.4 cm³/mol. The van der Waals surface area contributed by atoms with Crippen molar-refractivity contribution in [2.45, 2.75) is 39.7 Å². The zero-order valence-electron chi connectivity index (χ0n) is 14.1. The van der Waals surface area contributed by atoms with E-state index in [4.69, 9.17) is 4.42 Å². The van der Waals surface area contributed by atoms with Gasteiger partial charge in [-0.15, -0.1) is 0 Å². The van der Waals surface area contributed by atoms with Crippen molar-refractivity contribution in [1.82, 2.24) is 0 Å². The van der Waals surface area contributed by atoms with Crippen LogP contribution in [0.2, 0.25) is 0 Å². The standard InChI is InChI=1S/C20H22NO.Ir/c1-19(2)12-20(3,4)21(13-19)16-10-7-9-15-14-8-5-6-11-17(14)22-18(15)16;/h5-9,11H,12-13H2,1-4H3;/q-1;. The average molecular weight is 485 g/mol. The van der Waals surface area contributed by atoms with Gasteiger partial charge in [0.15, 0.2) is 0 Å². The van der Waals surface area contributed by atoms with Crippen molar-refractivity contribution in [3.05, 3.63) is 42.5 Å². The first-order valence-electron chi connectivity index (χ1n) is 7.97. The molecule has 0 amide bonds. The summed E-state index contributed by atoms with van der Waals surface area (Å²) in [6.45, 7) is 10.3. The van der Waals surface area contributed by atoms with E-state index in [-0.39, 0.29) is 25.6 Å². The van der Waals surface area contributed by atoms with Gasteiger partial charge in [-0.25, -0.2) is 0 Å². The van der Waals surface area contributed by atoms with Crippen molar-refractivity contribution in [2.24, 2.45) is 5.41 Å². The molecule has 2 heterocycles. The van der Waals surface area contributed by atoms with Gasteiger partial charge in [0.1, 0.15) is 5.58 Å². The number of rotatable bonds is 1. The molecule has 0 N–H and O–H groups in total. The van der Waals surface area contributed by atoms with Crippen LogP contribution in [0.5, 0.6) is 0 Å². The van der Waals surface area contributed by atoms with Gasteiger partial charge in [-0.05, 0) is 37.4 Å². The van der Waals surface area contributed by atoms with Gasteiger partial charge in [0.25, 0.3) is 0 Å². The van der Waals surface area contributed by atoms with E-state index < -0.39 is 0 Å². The molecule has 0 unspecified atom stereocenters. The van der Waals surface area contributed by atoms with Crippen LogP contribution in [-0.2, 0) is 20.1 Å². The molecule has 4 rings (SSSR count). The Morgan fingerprint density at radius 2 is 1.78 bits per heavy atom. The van der Waals surface area contributed by atoms with Crippen LogP contribution >= 0.6 is 0 Å². The second-order valence-corrected chi connectivity index (χ2v) is 7.91. The summed E-state index contributed by atoms with van der Waals surface area (Å²) in [6, 6.07) is 15.8. The number of anilines is 1. The third-order valence-electron chi connectivity index (χ3n) is 4.82. The van der Waals surface area contributed by atoms with E-state index in [9.17, 15) is 0 Å². The van der Waals surface area contributed by atoms with E-state index in [1.54, 1.807) is 0 Å². The molecule has 0 bridgehead atoms. The van der Waals surface area contributed by atoms with E-state index in [1.165, 1.54) is 17.2 Å². The molecule has 0 atom stereocenters. The molecule has 1 aromatic heterocycles. The number of benzene rings is 2. The second-order valence-electron chi connectivity index (χ2n) is 7.91. The van der Waals surface area contributed by atoms with Crippen molar-refractivity contribution >= 4 is 27.6 Å². The van der Waals surface area contributed by atoms with E-state index in [1.807, 2.05) is 18.2 Å². The van der Waals surface area contributed by atoms with Crippen LogP contribution < -0.4 is 4.90 Å². The fourth-order valence-electron chi connectivity index (χ4n) is 4.22. The van der Waals surface area contributed by atoms with E-state index in [0.717, 1.165) is 23.4 Å². The van der Waals surface area contributed by atoms with Crippen molar-refractivity contribution in [1.29, 1.82) is 0 Å². The number of hydrogen-bond donors (Lipinski definition) is 0. The maximum atomic E-state index is 6.18. The number of fused-ring (bicyclic) bond motifs is 3. The van der Waals surface area contributed by atoms with Crippen LogP contribution in [0.1, 0.15) is 34.1 Å². The van der Waals surface area contributed by atoms with Gasteiger partial charge in [0.2, 0.25) is 0 Å². The Bertz CT molecular complexity index is 862. The topological polar surface area (TPSA) is 16.4 Å². The predicted octanol–water partition coefficient (Wildman–Crippen LogP) is 5.40. The molecule has 1 aliphatic rings. The van der Waals surface area contributed by atoms with Gasteiger partial charge in [0.05, 0.1) is 0 Å². The summed E-state index contributed by atoms with van der Waals surface area (Å²) in [4.78, 5) is 2.47. The molecule has 2 nitrogen and oxygen atoms in total. The summed E-state index contributed by atoms with van der Waals surface area (Å²) < 4.78 is 6.18. The molecule has 123 valence electrons. The molecule has 1 radical (unpaired) electrons. The molecule has 3 aromatic rings. The Labute approximate surface area is 151 Å². The van der Waals surface area contributed by atoms with Gasteiger partial charge < -0.3 is 9.32 Å². The van der Waals surface area contributed by atoms with Crippen molar-refractivity contribution in [3.8, 4) is 0 Å². The Morgan fingerprint density at radius 3 is 2.48 bits per heavy atom. The normalized spacial score (nSPS) is 19.2. The number of para-hydroxylation sites is 1. The zero-order chi connectivity index (χ0) is 15.5. The number of furan rings is 1. The van der Waals surface area contributed by atoms with Crippen LogP contribution in [0.4, 0.5) is 5.69 Å². The average Bonchev–Trinajstić information content (AvgIpc) is 2.92. The maximum absolute atomic E-state index is 6.18. The summed E-state index contributed by atoms with van der Waals surface area (Å²) >= 11 is 0. The summed E-state index contributed by atoms with van der Waals surface area (Å²) in [7, 11) is 0. The van der Waals surface area contributed by atoms with Crippen LogP contribution in [0, 0.1) is 11.5 Å². The maximum Gasteiger partial charge on any atom is 0.116 e. The van der Waals surface area contributed by atoms with Crippen LogP contribution in [0.25, 0.3) is 21.9 Å². The van der Waals surface area contributed by atoms with E-state index in [2.05, 4.69) is 56.9 Å². The van der Waals surface area contributed by atoms with Crippen LogP contribution in [0.3, 0.4) is 0 Å².